The van der Waals surface area contributed by atoms with E-state index in [1.165, 1.54) is 41.0 Å². The van der Waals surface area contributed by atoms with Crippen LogP contribution in [0.5, 0.6) is 0 Å². The predicted octanol–water partition coefficient (Wildman–Crippen LogP) is 2.44. The predicted molar refractivity (Wildman–Crippen MR) is 83.5 cm³/mol. The molecule has 3 nitrogen and oxygen atoms in total. The van der Waals surface area contributed by atoms with Crippen LogP contribution in [0, 0.1) is 5.92 Å². The Kier molecular flexibility index (Phi) is 4.63. The summed E-state index contributed by atoms with van der Waals surface area (Å²) in [5, 5.41) is 6.42. The zero-order valence-corrected chi connectivity index (χ0v) is 12.6. The summed E-state index contributed by atoms with van der Waals surface area (Å²) in [6.45, 7) is 2.59. The first-order chi connectivity index (χ1) is 9.81. The van der Waals surface area contributed by atoms with Crippen LogP contribution in [0.2, 0.25) is 0 Å². The van der Waals surface area contributed by atoms with E-state index >= 15 is 0 Å². The molecule has 2 heterocycles. The summed E-state index contributed by atoms with van der Waals surface area (Å²) in [6, 6.07) is 6.52. The molecule has 0 aliphatic carbocycles. The minimum atomic E-state index is 0.209. The monoisotopic (exact) mass is 290 g/mol. The third-order valence-corrected chi connectivity index (χ3v) is 5.25. The van der Waals surface area contributed by atoms with Gasteiger partial charge in [0.25, 0.3) is 0 Å². The Bertz CT molecular complexity index is 483. The fraction of sp³-hybridized carbons (Fsp3) is 0.562. The summed E-state index contributed by atoms with van der Waals surface area (Å²) in [7, 11) is 0. The Morgan fingerprint density at radius 1 is 1.25 bits per heavy atom. The molecule has 2 N–H and O–H groups in total. The minimum Gasteiger partial charge on any atom is -0.352 e. The number of nitrogens with one attached hydrogen (secondary N) is 2. The van der Waals surface area contributed by atoms with Crippen LogP contribution in [0.25, 0.3) is 0 Å². The van der Waals surface area contributed by atoms with Gasteiger partial charge in [-0.25, -0.2) is 0 Å². The van der Waals surface area contributed by atoms with E-state index in [0.29, 0.717) is 18.9 Å². The highest BCUT2D eigenvalue weighted by Gasteiger charge is 2.17. The Morgan fingerprint density at radius 2 is 2.05 bits per heavy atom. The number of thioether (sulfide) groups is 1. The van der Waals surface area contributed by atoms with Crippen molar-refractivity contribution in [3.63, 3.8) is 0 Å². The largest absolute Gasteiger partial charge is 0.352 e. The van der Waals surface area contributed by atoms with Gasteiger partial charge in [0.15, 0.2) is 0 Å². The lowest BCUT2D eigenvalue weighted by Gasteiger charge is -2.20. The maximum atomic E-state index is 12.0. The molecule has 1 saturated heterocycles. The quantitative estimate of drug-likeness (QED) is 0.895. The van der Waals surface area contributed by atoms with Crippen LogP contribution in [0.3, 0.4) is 0 Å². The van der Waals surface area contributed by atoms with Crippen LogP contribution in [0.4, 0.5) is 0 Å². The lowest BCUT2D eigenvalue weighted by molar-refractivity contribution is -0.122. The summed E-state index contributed by atoms with van der Waals surface area (Å²) in [6.07, 6.45) is 3.10. The molecule has 0 radical (unpaired) electrons. The number of benzene rings is 1. The van der Waals surface area contributed by atoms with E-state index in [1.54, 1.807) is 0 Å². The molecule has 1 fully saturated rings. The Balaban J connectivity index is 1.47. The van der Waals surface area contributed by atoms with Gasteiger partial charge in [-0.2, -0.15) is 11.8 Å². The van der Waals surface area contributed by atoms with Gasteiger partial charge in [-0.15, -0.1) is 0 Å². The van der Waals surface area contributed by atoms with Crippen LogP contribution < -0.4 is 10.6 Å². The van der Waals surface area contributed by atoms with Gasteiger partial charge < -0.3 is 10.6 Å². The Hall–Kier alpha value is -1.00. The summed E-state index contributed by atoms with van der Waals surface area (Å²) in [5.74, 6) is 3.24. The highest BCUT2D eigenvalue weighted by molar-refractivity contribution is 7.99. The standard InChI is InChI=1S/C16H22N2OS/c19-16(8-12-3-5-20-6-4-12)18-9-13-1-2-14-10-17-11-15(14)7-13/h1-2,7,12,17H,3-6,8-11H2,(H,18,19). The van der Waals surface area contributed by atoms with Crippen molar-refractivity contribution in [3.05, 3.63) is 34.9 Å². The van der Waals surface area contributed by atoms with Crippen molar-refractivity contribution in [2.75, 3.05) is 11.5 Å². The van der Waals surface area contributed by atoms with Crippen molar-refractivity contribution < 1.29 is 4.79 Å². The van der Waals surface area contributed by atoms with Gasteiger partial charge in [0.1, 0.15) is 0 Å². The van der Waals surface area contributed by atoms with Crippen LogP contribution in [0.15, 0.2) is 18.2 Å². The van der Waals surface area contributed by atoms with Crippen molar-refractivity contribution in [1.29, 1.82) is 0 Å². The lowest BCUT2D eigenvalue weighted by atomic mass is 9.98. The highest BCUT2D eigenvalue weighted by Crippen LogP contribution is 2.25. The minimum absolute atomic E-state index is 0.209. The van der Waals surface area contributed by atoms with Gasteiger partial charge in [-0.3, -0.25) is 4.79 Å². The first-order valence-corrected chi connectivity index (χ1v) is 8.62. The summed E-state index contributed by atoms with van der Waals surface area (Å²) in [5.41, 5.74) is 3.97. The lowest BCUT2D eigenvalue weighted by Crippen LogP contribution is -2.26. The van der Waals surface area contributed by atoms with Crippen molar-refractivity contribution in [1.82, 2.24) is 10.6 Å². The summed E-state index contributed by atoms with van der Waals surface area (Å²) in [4.78, 5) is 12.0. The number of amides is 1. The van der Waals surface area contributed by atoms with Crippen LogP contribution >= 0.6 is 11.8 Å². The second kappa shape index (κ2) is 6.64. The first-order valence-electron chi connectivity index (χ1n) is 7.47. The van der Waals surface area contributed by atoms with E-state index in [-0.39, 0.29) is 5.91 Å². The second-order valence-electron chi connectivity index (χ2n) is 5.74. The van der Waals surface area contributed by atoms with Crippen molar-refractivity contribution in [2.45, 2.75) is 38.9 Å². The number of hydrogen-bond acceptors (Lipinski definition) is 3. The third-order valence-electron chi connectivity index (χ3n) is 4.21. The maximum Gasteiger partial charge on any atom is 0.220 e. The summed E-state index contributed by atoms with van der Waals surface area (Å²) < 4.78 is 0. The van der Waals surface area contributed by atoms with Crippen LogP contribution in [-0.2, 0) is 24.4 Å². The Morgan fingerprint density at radius 3 is 2.90 bits per heavy atom. The van der Waals surface area contributed by atoms with Gasteiger partial charge in [0, 0.05) is 26.1 Å². The van der Waals surface area contributed by atoms with E-state index in [1.807, 2.05) is 11.8 Å². The number of fused-ring (bicyclic) bond motifs is 1. The molecule has 20 heavy (non-hydrogen) atoms. The molecular formula is C16H22N2OS. The highest BCUT2D eigenvalue weighted by atomic mass is 32.2. The molecule has 108 valence electrons. The fourth-order valence-electron chi connectivity index (χ4n) is 2.94. The van der Waals surface area contributed by atoms with Gasteiger partial charge in [0.05, 0.1) is 0 Å². The molecule has 4 heteroatoms. The SMILES string of the molecule is O=C(CC1CCSCC1)NCc1ccc2c(c1)CNC2. The Labute approximate surface area is 124 Å². The molecule has 0 unspecified atom stereocenters. The second-order valence-corrected chi connectivity index (χ2v) is 6.97. The van der Waals surface area contributed by atoms with Crippen molar-refractivity contribution in [2.24, 2.45) is 5.92 Å². The van der Waals surface area contributed by atoms with E-state index in [9.17, 15) is 4.79 Å². The number of rotatable bonds is 4. The van der Waals surface area contributed by atoms with E-state index < -0.39 is 0 Å². The topological polar surface area (TPSA) is 41.1 Å². The van der Waals surface area contributed by atoms with Gasteiger partial charge in [-0.1, -0.05) is 18.2 Å². The molecule has 1 aromatic carbocycles. The normalized spacial score (nSPS) is 18.8. The van der Waals surface area contributed by atoms with E-state index in [0.717, 1.165) is 13.1 Å². The zero-order chi connectivity index (χ0) is 13.8. The molecule has 0 spiro atoms. The third kappa shape index (κ3) is 3.55. The van der Waals surface area contributed by atoms with Crippen molar-refractivity contribution in [3.8, 4) is 0 Å². The smallest absolute Gasteiger partial charge is 0.220 e. The van der Waals surface area contributed by atoms with E-state index in [2.05, 4.69) is 28.8 Å². The van der Waals surface area contributed by atoms with Crippen molar-refractivity contribution >= 4 is 17.7 Å². The number of carbonyl (C=O) groups excluding carboxylic acids is 1. The molecule has 0 bridgehead atoms. The number of carbonyl (C=O) groups is 1. The molecule has 0 aromatic heterocycles. The number of hydrogen-bond donors (Lipinski definition) is 2. The molecular weight excluding hydrogens is 268 g/mol. The molecule has 0 saturated carbocycles. The molecule has 0 atom stereocenters. The van der Waals surface area contributed by atoms with Crippen LogP contribution in [-0.4, -0.2) is 17.4 Å². The van der Waals surface area contributed by atoms with Crippen LogP contribution in [0.1, 0.15) is 36.0 Å². The van der Waals surface area contributed by atoms with Gasteiger partial charge in [-0.05, 0) is 47.0 Å². The average molecular weight is 290 g/mol. The van der Waals surface area contributed by atoms with E-state index in [4.69, 9.17) is 0 Å². The maximum absolute atomic E-state index is 12.0. The molecule has 2 aliphatic rings. The molecule has 1 aromatic rings. The van der Waals surface area contributed by atoms with Gasteiger partial charge in [0.2, 0.25) is 5.91 Å². The fourth-order valence-corrected chi connectivity index (χ4v) is 4.15. The first kappa shape index (κ1) is 14.0. The molecule has 3 rings (SSSR count). The zero-order valence-electron chi connectivity index (χ0n) is 11.8. The molecule has 2 aliphatic heterocycles. The van der Waals surface area contributed by atoms with Gasteiger partial charge >= 0.3 is 0 Å². The average Bonchev–Trinajstić information content (AvgIpc) is 2.93. The summed E-state index contributed by atoms with van der Waals surface area (Å²) >= 11 is 2.01. The molecule has 1 amide bonds.